The van der Waals surface area contributed by atoms with Crippen molar-refractivity contribution in [2.45, 2.75) is 43.7 Å². The van der Waals surface area contributed by atoms with Crippen molar-refractivity contribution < 1.29 is 23.5 Å². The van der Waals surface area contributed by atoms with Crippen molar-refractivity contribution in [3.63, 3.8) is 0 Å². The van der Waals surface area contributed by atoms with Crippen molar-refractivity contribution in [1.82, 2.24) is 0 Å². The molecule has 0 aromatic heterocycles. The Morgan fingerprint density at radius 3 is 2.53 bits per heavy atom. The molecule has 4 atom stereocenters. The third-order valence-electron chi connectivity index (χ3n) is 6.50. The van der Waals surface area contributed by atoms with Crippen LogP contribution in [0.15, 0.2) is 48.5 Å². The Morgan fingerprint density at radius 1 is 1.23 bits per heavy atom. The zero-order chi connectivity index (χ0) is 21.7. The van der Waals surface area contributed by atoms with E-state index < -0.39 is 25.7 Å². The van der Waals surface area contributed by atoms with Crippen LogP contribution in [0.2, 0.25) is 18.6 Å². The van der Waals surface area contributed by atoms with Gasteiger partial charge in [-0.15, -0.1) is 0 Å². The average molecular weight is 430 g/mol. The molecule has 2 aliphatic heterocycles. The number of rotatable bonds is 5. The molecule has 0 aliphatic carbocycles. The average Bonchev–Trinajstić information content (AvgIpc) is 3.15. The van der Waals surface area contributed by atoms with Crippen LogP contribution in [0.4, 0.5) is 15.5 Å². The van der Waals surface area contributed by atoms with Gasteiger partial charge in [0, 0.05) is 29.3 Å². The second-order valence-electron chi connectivity index (χ2n) is 8.64. The van der Waals surface area contributed by atoms with Gasteiger partial charge in [0.05, 0.1) is 18.9 Å². The minimum absolute atomic E-state index is 0.115. The van der Waals surface area contributed by atoms with E-state index in [2.05, 4.69) is 0 Å². The highest BCUT2D eigenvalue weighted by Crippen LogP contribution is 2.61. The Morgan fingerprint density at radius 2 is 1.93 bits per heavy atom. The largest absolute Gasteiger partial charge is 0.497 e. The molecule has 1 fully saturated rings. The van der Waals surface area contributed by atoms with Gasteiger partial charge in [-0.2, -0.15) is 0 Å². The van der Waals surface area contributed by atoms with Crippen molar-refractivity contribution >= 4 is 25.7 Å². The van der Waals surface area contributed by atoms with Gasteiger partial charge in [-0.3, -0.25) is 9.69 Å². The first-order chi connectivity index (χ1) is 14.3. The molecule has 1 N–H and O–H groups in total. The number of amides is 1. The Labute approximate surface area is 177 Å². The Kier molecular flexibility index (Phi) is 5.24. The molecule has 0 saturated carbocycles. The van der Waals surface area contributed by atoms with Crippen LogP contribution >= 0.6 is 0 Å². The van der Waals surface area contributed by atoms with Crippen molar-refractivity contribution in [3.05, 3.63) is 54.1 Å². The lowest BCUT2D eigenvalue weighted by atomic mass is 9.82. The van der Waals surface area contributed by atoms with Crippen LogP contribution in [0.1, 0.15) is 18.9 Å². The van der Waals surface area contributed by atoms with Gasteiger partial charge in [0.2, 0.25) is 8.41 Å². The summed E-state index contributed by atoms with van der Waals surface area (Å²) in [6.07, 6.45) is -0.218. The maximum Gasteiger partial charge on any atom is 0.268 e. The molecule has 2 heterocycles. The summed E-state index contributed by atoms with van der Waals surface area (Å²) in [6.45, 7) is 5.10. The predicted molar refractivity (Wildman–Crippen MR) is 116 cm³/mol. The van der Waals surface area contributed by atoms with Crippen LogP contribution < -0.4 is 9.64 Å². The van der Waals surface area contributed by atoms with Gasteiger partial charge >= 0.3 is 0 Å². The van der Waals surface area contributed by atoms with Crippen LogP contribution in [-0.4, -0.2) is 39.2 Å². The highest BCUT2D eigenvalue weighted by Gasteiger charge is 2.66. The second-order valence-corrected chi connectivity index (χ2v) is 12.4. The van der Waals surface area contributed by atoms with Crippen molar-refractivity contribution in [2.24, 2.45) is 5.92 Å². The molecule has 5 nitrogen and oxygen atoms in total. The fraction of sp³-hybridized carbons (Fsp3) is 0.435. The van der Waals surface area contributed by atoms with E-state index in [9.17, 15) is 9.90 Å². The number of fused-ring (bicyclic) bond motifs is 2. The molecule has 2 aromatic rings. The summed E-state index contributed by atoms with van der Waals surface area (Å²) in [5, 5.41) is 9.60. The van der Waals surface area contributed by atoms with Gasteiger partial charge in [0.1, 0.15) is 5.75 Å². The number of nitrogens with zero attached hydrogens (tertiary/aromatic N) is 1. The molecule has 30 heavy (non-hydrogen) atoms. The third kappa shape index (κ3) is 2.99. The number of benzene rings is 2. The van der Waals surface area contributed by atoms with Crippen LogP contribution in [0.5, 0.6) is 5.75 Å². The molecular formula is C23H28FNO4Si. The fourth-order valence-electron chi connectivity index (χ4n) is 5.31. The first-order valence-electron chi connectivity index (χ1n) is 10.3. The number of aliphatic hydroxyl groups is 1. The van der Waals surface area contributed by atoms with Crippen molar-refractivity contribution in [1.29, 1.82) is 0 Å². The Balaban J connectivity index is 1.92. The van der Waals surface area contributed by atoms with Crippen LogP contribution in [0, 0.1) is 5.92 Å². The van der Waals surface area contributed by atoms with Crippen molar-refractivity contribution in [2.75, 3.05) is 18.6 Å². The maximum atomic E-state index is 15.5. The number of hydrogen-bond acceptors (Lipinski definition) is 4. The zero-order valence-electron chi connectivity index (χ0n) is 17.8. The number of methoxy groups -OCH3 is 1. The molecular weight excluding hydrogens is 401 g/mol. The first kappa shape index (κ1) is 21.0. The van der Waals surface area contributed by atoms with Crippen LogP contribution in [0.3, 0.4) is 0 Å². The number of ether oxygens (including phenoxy) is 2. The molecule has 1 saturated heterocycles. The monoisotopic (exact) mass is 429 g/mol. The standard InChI is InChI=1S/C23H28FNO4Si/c1-15-21(30(3,4)24)20(12-13-26)29-23(15)18-14-17(28-2)10-11-19(18)25(22(23)27)16-8-6-5-7-9-16/h5-11,14-15,20-21,26H,12-13H2,1-4H3/t15-,20+,21-,23+/m1/s1. The summed E-state index contributed by atoms with van der Waals surface area (Å²) < 4.78 is 27.4. The van der Waals surface area contributed by atoms with E-state index in [1.807, 2.05) is 55.5 Å². The molecule has 0 bridgehead atoms. The van der Waals surface area contributed by atoms with E-state index in [1.165, 1.54) is 0 Å². The van der Waals surface area contributed by atoms with E-state index in [4.69, 9.17) is 9.47 Å². The molecule has 1 spiro atoms. The van der Waals surface area contributed by atoms with Gasteiger partial charge < -0.3 is 18.7 Å². The SMILES string of the molecule is COc1ccc2c(c1)[C@]1(O[C@@H](CCO)[C@H]([Si](C)(C)F)[C@H]1C)C(=O)N2c1ccccc1. The van der Waals surface area contributed by atoms with Crippen molar-refractivity contribution in [3.8, 4) is 5.75 Å². The second kappa shape index (κ2) is 7.48. The number of anilines is 2. The van der Waals surface area contributed by atoms with E-state index in [1.54, 1.807) is 25.1 Å². The number of carbonyl (C=O) groups is 1. The lowest BCUT2D eigenvalue weighted by Gasteiger charge is -2.31. The summed E-state index contributed by atoms with van der Waals surface area (Å²) in [5.41, 5.74) is 0.442. The third-order valence-corrected chi connectivity index (χ3v) is 8.96. The van der Waals surface area contributed by atoms with E-state index in [-0.39, 0.29) is 18.4 Å². The quantitative estimate of drug-likeness (QED) is 0.560. The van der Waals surface area contributed by atoms with Gasteiger partial charge in [0.15, 0.2) is 5.60 Å². The highest BCUT2D eigenvalue weighted by molar-refractivity contribution is 6.72. The van der Waals surface area contributed by atoms with E-state index in [0.717, 1.165) is 11.4 Å². The van der Waals surface area contributed by atoms with Gasteiger partial charge in [-0.25, -0.2) is 0 Å². The lowest BCUT2D eigenvalue weighted by Crippen LogP contribution is -2.44. The van der Waals surface area contributed by atoms with Gasteiger partial charge in [0.25, 0.3) is 5.91 Å². The normalized spacial score (nSPS) is 28.3. The smallest absolute Gasteiger partial charge is 0.268 e. The minimum Gasteiger partial charge on any atom is -0.497 e. The molecule has 7 heteroatoms. The Hall–Kier alpha value is -2.22. The summed E-state index contributed by atoms with van der Waals surface area (Å²) in [6, 6.07) is 14.9. The molecule has 0 unspecified atom stereocenters. The summed E-state index contributed by atoms with van der Waals surface area (Å²) in [5.74, 6) is 0.0199. The first-order valence-corrected chi connectivity index (χ1v) is 13.3. The number of para-hydroxylation sites is 1. The highest BCUT2D eigenvalue weighted by atomic mass is 28.4. The zero-order valence-corrected chi connectivity index (χ0v) is 18.8. The molecule has 0 radical (unpaired) electrons. The topological polar surface area (TPSA) is 59.0 Å². The number of hydrogen-bond donors (Lipinski definition) is 1. The number of aliphatic hydroxyl groups excluding tert-OH is 1. The van der Waals surface area contributed by atoms with Crippen LogP contribution in [0.25, 0.3) is 0 Å². The minimum atomic E-state index is -3.19. The molecule has 2 aromatic carbocycles. The predicted octanol–water partition coefficient (Wildman–Crippen LogP) is 4.53. The summed E-state index contributed by atoms with van der Waals surface area (Å²) >= 11 is 0. The molecule has 2 aliphatic rings. The molecule has 1 amide bonds. The lowest BCUT2D eigenvalue weighted by molar-refractivity contribution is -0.145. The fourth-order valence-corrected chi connectivity index (χ4v) is 7.85. The molecule has 160 valence electrons. The van der Waals surface area contributed by atoms with E-state index >= 15 is 4.11 Å². The number of halogens is 1. The summed E-state index contributed by atoms with van der Waals surface area (Å²) in [7, 11) is -1.62. The van der Waals surface area contributed by atoms with E-state index in [0.29, 0.717) is 17.7 Å². The Bertz CT molecular complexity index is 948. The van der Waals surface area contributed by atoms with Gasteiger partial charge in [-0.1, -0.05) is 25.1 Å². The molecule has 4 rings (SSSR count). The number of carbonyl (C=O) groups excluding carboxylic acids is 1. The summed E-state index contributed by atoms with van der Waals surface area (Å²) in [4.78, 5) is 15.7. The van der Waals surface area contributed by atoms with Gasteiger partial charge in [-0.05, 0) is 49.8 Å². The maximum absolute atomic E-state index is 15.5. The van der Waals surface area contributed by atoms with Crippen LogP contribution in [-0.2, 0) is 15.1 Å².